The lowest BCUT2D eigenvalue weighted by molar-refractivity contribution is -0.135. The number of piperidine rings is 1. The Morgan fingerprint density at radius 3 is 3.09 bits per heavy atom. The van der Waals surface area contributed by atoms with Gasteiger partial charge < -0.3 is 4.90 Å². The third kappa shape index (κ3) is 3.55. The van der Waals surface area contributed by atoms with Crippen LogP contribution in [0.5, 0.6) is 0 Å². The zero-order valence-electron chi connectivity index (χ0n) is 12.9. The van der Waals surface area contributed by atoms with Gasteiger partial charge in [-0.15, -0.1) is 11.3 Å². The van der Waals surface area contributed by atoms with Crippen LogP contribution >= 0.6 is 11.3 Å². The summed E-state index contributed by atoms with van der Waals surface area (Å²) >= 11 is 1.68. The second-order valence-electron chi connectivity index (χ2n) is 5.80. The fourth-order valence-electron chi connectivity index (χ4n) is 2.98. The molecule has 0 aliphatic carbocycles. The Morgan fingerprint density at radius 1 is 1.45 bits per heavy atom. The molecule has 0 bridgehead atoms. The van der Waals surface area contributed by atoms with E-state index in [0.29, 0.717) is 6.42 Å². The van der Waals surface area contributed by atoms with Gasteiger partial charge in [-0.05, 0) is 38.7 Å². The normalized spacial score (nSPS) is 18.6. The third-order valence-corrected chi connectivity index (χ3v) is 5.15. The largest absolute Gasteiger partial charge is 0.333 e. The van der Waals surface area contributed by atoms with E-state index >= 15 is 0 Å². The second-order valence-corrected chi connectivity index (χ2v) is 6.69. The van der Waals surface area contributed by atoms with E-state index in [-0.39, 0.29) is 11.9 Å². The number of aromatic nitrogens is 3. The lowest BCUT2D eigenvalue weighted by Gasteiger charge is -2.34. The zero-order chi connectivity index (χ0) is 15.4. The highest BCUT2D eigenvalue weighted by Crippen LogP contribution is 2.33. The molecule has 2 aromatic rings. The molecule has 5 nitrogen and oxygen atoms in total. The summed E-state index contributed by atoms with van der Waals surface area (Å²) in [5.41, 5.74) is 1.05. The van der Waals surface area contributed by atoms with E-state index in [2.05, 4.69) is 15.5 Å². The Hall–Kier alpha value is -1.69. The highest BCUT2D eigenvalue weighted by Gasteiger charge is 2.29. The zero-order valence-corrected chi connectivity index (χ0v) is 13.8. The number of hydrogen-bond donors (Lipinski definition) is 0. The molecule has 1 aliphatic heterocycles. The van der Waals surface area contributed by atoms with Gasteiger partial charge in [-0.1, -0.05) is 0 Å². The maximum atomic E-state index is 12.6. The molecule has 0 aromatic carbocycles. The van der Waals surface area contributed by atoms with Gasteiger partial charge in [0.2, 0.25) is 5.91 Å². The molecule has 118 valence electrons. The number of hydrogen-bond acceptors (Lipinski definition) is 4. The maximum Gasteiger partial charge on any atom is 0.223 e. The fourth-order valence-corrected chi connectivity index (χ4v) is 3.92. The Balaban J connectivity index is 1.59. The van der Waals surface area contributed by atoms with Crippen LogP contribution in [0.4, 0.5) is 0 Å². The Morgan fingerprint density at radius 2 is 2.36 bits per heavy atom. The highest BCUT2D eigenvalue weighted by atomic mass is 32.1. The molecule has 1 atom stereocenters. The third-order valence-electron chi connectivity index (χ3n) is 4.08. The van der Waals surface area contributed by atoms with E-state index in [1.165, 1.54) is 6.42 Å². The Bertz CT molecular complexity index is 607. The van der Waals surface area contributed by atoms with E-state index in [1.807, 2.05) is 28.8 Å². The summed E-state index contributed by atoms with van der Waals surface area (Å²) in [6.45, 7) is 3.68. The van der Waals surface area contributed by atoms with Crippen molar-refractivity contribution in [3.63, 3.8) is 0 Å². The van der Waals surface area contributed by atoms with E-state index < -0.39 is 0 Å². The summed E-state index contributed by atoms with van der Waals surface area (Å²) in [6.07, 6.45) is 8.45. The van der Waals surface area contributed by atoms with Gasteiger partial charge >= 0.3 is 0 Å². The van der Waals surface area contributed by atoms with Crippen molar-refractivity contribution in [1.82, 2.24) is 19.7 Å². The minimum absolute atomic E-state index is 0.185. The average molecular weight is 318 g/mol. The molecule has 2 aromatic heterocycles. The van der Waals surface area contributed by atoms with Gasteiger partial charge in [0.25, 0.3) is 0 Å². The van der Waals surface area contributed by atoms with Crippen molar-refractivity contribution in [2.45, 2.75) is 51.6 Å². The number of carbonyl (C=O) groups is 1. The predicted molar refractivity (Wildman–Crippen MR) is 86.6 cm³/mol. The van der Waals surface area contributed by atoms with Crippen LogP contribution in [0.15, 0.2) is 23.8 Å². The molecule has 1 fully saturated rings. The number of thiazole rings is 1. The topological polar surface area (TPSA) is 51.0 Å². The first-order chi connectivity index (χ1) is 10.7. The summed E-state index contributed by atoms with van der Waals surface area (Å²) < 4.78 is 1.88. The van der Waals surface area contributed by atoms with Gasteiger partial charge in [-0.25, -0.2) is 4.98 Å². The van der Waals surface area contributed by atoms with Gasteiger partial charge in [-0.2, -0.15) is 5.10 Å². The van der Waals surface area contributed by atoms with Crippen LogP contribution < -0.4 is 0 Å². The molecule has 0 unspecified atom stereocenters. The van der Waals surface area contributed by atoms with Crippen LogP contribution in [0, 0.1) is 6.92 Å². The molecular formula is C16H22N4OS. The van der Waals surface area contributed by atoms with Gasteiger partial charge in [0, 0.05) is 43.0 Å². The Kier molecular flexibility index (Phi) is 4.87. The van der Waals surface area contributed by atoms with Gasteiger partial charge in [0.1, 0.15) is 5.01 Å². The van der Waals surface area contributed by atoms with Gasteiger partial charge in [0.15, 0.2) is 0 Å². The summed E-state index contributed by atoms with van der Waals surface area (Å²) in [4.78, 5) is 19.2. The standard InChI is InChI=1S/C16H22N4OS/c1-13-12-22-16(18-13)14-6-2-3-11-20(14)15(21)7-4-9-19-10-5-8-17-19/h5,8,10,12,14H,2-4,6-7,9,11H2,1H3/t14-/m1/s1. The first kappa shape index (κ1) is 15.2. The first-order valence-electron chi connectivity index (χ1n) is 7.93. The number of rotatable bonds is 5. The summed E-state index contributed by atoms with van der Waals surface area (Å²) in [5.74, 6) is 0.254. The molecule has 6 heteroatoms. The molecular weight excluding hydrogens is 296 g/mol. The van der Waals surface area contributed by atoms with Gasteiger partial charge in [-0.3, -0.25) is 9.48 Å². The van der Waals surface area contributed by atoms with E-state index in [0.717, 1.165) is 43.1 Å². The van der Waals surface area contributed by atoms with Crippen LogP contribution in [0.25, 0.3) is 0 Å². The number of likely N-dealkylation sites (tertiary alicyclic amines) is 1. The van der Waals surface area contributed by atoms with Crippen LogP contribution in [0.1, 0.15) is 48.8 Å². The maximum absolute atomic E-state index is 12.6. The second kappa shape index (κ2) is 7.05. The summed E-state index contributed by atoms with van der Waals surface area (Å²) in [6, 6.07) is 2.09. The minimum atomic E-state index is 0.185. The highest BCUT2D eigenvalue weighted by molar-refractivity contribution is 7.09. The lowest BCUT2D eigenvalue weighted by atomic mass is 10.0. The smallest absolute Gasteiger partial charge is 0.223 e. The van der Waals surface area contributed by atoms with Crippen LogP contribution in [0.3, 0.4) is 0 Å². The average Bonchev–Trinajstić information content (AvgIpc) is 3.19. The van der Waals surface area contributed by atoms with Crippen molar-refractivity contribution in [3.8, 4) is 0 Å². The predicted octanol–water partition coefficient (Wildman–Crippen LogP) is 3.18. The molecule has 0 spiro atoms. The molecule has 3 heterocycles. The van der Waals surface area contributed by atoms with Crippen LogP contribution in [-0.4, -0.2) is 32.1 Å². The van der Waals surface area contributed by atoms with Crippen molar-refractivity contribution in [2.75, 3.05) is 6.54 Å². The van der Waals surface area contributed by atoms with Crippen molar-refractivity contribution in [2.24, 2.45) is 0 Å². The SMILES string of the molecule is Cc1csc([C@H]2CCCCN2C(=O)CCCn2cccn2)n1. The Labute approximate surface area is 135 Å². The molecule has 1 amide bonds. The molecule has 0 radical (unpaired) electrons. The fraction of sp³-hybridized carbons (Fsp3) is 0.562. The van der Waals surface area contributed by atoms with Crippen molar-refractivity contribution in [3.05, 3.63) is 34.5 Å². The minimum Gasteiger partial charge on any atom is -0.333 e. The quantitative estimate of drug-likeness (QED) is 0.851. The lowest BCUT2D eigenvalue weighted by Crippen LogP contribution is -2.38. The molecule has 0 N–H and O–H groups in total. The van der Waals surface area contributed by atoms with Crippen LogP contribution in [-0.2, 0) is 11.3 Å². The molecule has 1 saturated heterocycles. The van der Waals surface area contributed by atoms with Crippen LogP contribution in [0.2, 0.25) is 0 Å². The van der Waals surface area contributed by atoms with Gasteiger partial charge in [0.05, 0.1) is 6.04 Å². The molecule has 0 saturated carbocycles. The van der Waals surface area contributed by atoms with E-state index in [4.69, 9.17) is 0 Å². The monoisotopic (exact) mass is 318 g/mol. The first-order valence-corrected chi connectivity index (χ1v) is 8.81. The summed E-state index contributed by atoms with van der Waals surface area (Å²) in [5, 5.41) is 7.34. The van der Waals surface area contributed by atoms with E-state index in [9.17, 15) is 4.79 Å². The van der Waals surface area contributed by atoms with Crippen molar-refractivity contribution >= 4 is 17.2 Å². The number of carbonyl (C=O) groups excluding carboxylic acids is 1. The van der Waals surface area contributed by atoms with E-state index in [1.54, 1.807) is 17.5 Å². The van der Waals surface area contributed by atoms with Crippen molar-refractivity contribution in [1.29, 1.82) is 0 Å². The number of nitrogens with zero attached hydrogens (tertiary/aromatic N) is 4. The molecule has 1 aliphatic rings. The van der Waals surface area contributed by atoms with Crippen molar-refractivity contribution < 1.29 is 4.79 Å². The molecule has 3 rings (SSSR count). The molecule has 22 heavy (non-hydrogen) atoms. The summed E-state index contributed by atoms with van der Waals surface area (Å²) in [7, 11) is 0. The number of amides is 1. The number of aryl methyl sites for hydroxylation is 2.